The van der Waals surface area contributed by atoms with Crippen LogP contribution in [0.15, 0.2) is 18.2 Å². The van der Waals surface area contributed by atoms with Crippen LogP contribution in [0.2, 0.25) is 10.0 Å². The van der Waals surface area contributed by atoms with Crippen LogP contribution in [0.1, 0.15) is 25.8 Å². The number of likely N-dealkylation sites (tertiary alicyclic amines) is 1. The minimum Gasteiger partial charge on any atom is -0.435 e. The molecule has 0 saturated carbocycles. The van der Waals surface area contributed by atoms with E-state index in [1.807, 2.05) is 6.92 Å². The molecule has 0 N–H and O–H groups in total. The van der Waals surface area contributed by atoms with E-state index in [0.29, 0.717) is 28.6 Å². The van der Waals surface area contributed by atoms with Gasteiger partial charge < -0.3 is 14.4 Å². The highest BCUT2D eigenvalue weighted by Crippen LogP contribution is 2.28. The number of nitrogens with zero attached hydrogens (tertiary/aromatic N) is 1. The van der Waals surface area contributed by atoms with Crippen molar-refractivity contribution >= 4 is 35.3 Å². The van der Waals surface area contributed by atoms with Crippen LogP contribution in [0.3, 0.4) is 0 Å². The average molecular weight is 360 g/mol. The number of carbonyl (C=O) groups excluding carboxylic acids is 2. The number of benzene rings is 1. The summed E-state index contributed by atoms with van der Waals surface area (Å²) in [7, 11) is 0. The number of ether oxygens (including phenoxy) is 2. The Bertz CT molecular complexity index is 573. The summed E-state index contributed by atoms with van der Waals surface area (Å²) in [4.78, 5) is 25.6. The molecule has 126 valence electrons. The summed E-state index contributed by atoms with van der Waals surface area (Å²) in [5, 5.41) is 0.891. The van der Waals surface area contributed by atoms with Gasteiger partial charge in [0.1, 0.15) is 0 Å². The predicted octanol–water partition coefficient (Wildman–Crippen LogP) is 3.90. The van der Waals surface area contributed by atoms with Gasteiger partial charge in [-0.2, -0.15) is 0 Å². The standard InChI is InChI=1S/C16H19Cl2NO4/c1-3-22-16(21)23-15-7-10(2)9-19(15)14(20)8-11-12(17)5-4-6-13(11)18/h4-6,10,15H,3,7-9H2,1-2H3. The van der Waals surface area contributed by atoms with Gasteiger partial charge in [0.25, 0.3) is 0 Å². The Morgan fingerprint density at radius 1 is 1.30 bits per heavy atom. The van der Waals surface area contributed by atoms with Crippen molar-refractivity contribution in [2.24, 2.45) is 5.92 Å². The van der Waals surface area contributed by atoms with Crippen molar-refractivity contribution in [3.8, 4) is 0 Å². The van der Waals surface area contributed by atoms with Crippen molar-refractivity contribution in [3.63, 3.8) is 0 Å². The Kier molecular flexibility index (Phi) is 6.13. The third kappa shape index (κ3) is 4.52. The quantitative estimate of drug-likeness (QED) is 0.764. The third-order valence-electron chi connectivity index (χ3n) is 3.66. The summed E-state index contributed by atoms with van der Waals surface area (Å²) in [6.45, 7) is 4.44. The lowest BCUT2D eigenvalue weighted by Gasteiger charge is -2.24. The van der Waals surface area contributed by atoms with Crippen LogP contribution in [0, 0.1) is 5.92 Å². The Morgan fingerprint density at radius 3 is 2.57 bits per heavy atom. The first kappa shape index (κ1) is 17.9. The molecule has 2 atom stereocenters. The van der Waals surface area contributed by atoms with Crippen LogP contribution >= 0.6 is 23.2 Å². The van der Waals surface area contributed by atoms with Crippen LogP contribution < -0.4 is 0 Å². The van der Waals surface area contributed by atoms with E-state index in [2.05, 4.69) is 0 Å². The molecule has 2 unspecified atom stereocenters. The van der Waals surface area contributed by atoms with E-state index in [4.69, 9.17) is 32.7 Å². The molecule has 0 spiro atoms. The summed E-state index contributed by atoms with van der Waals surface area (Å²) in [5.74, 6) is 0.0544. The van der Waals surface area contributed by atoms with E-state index < -0.39 is 12.4 Å². The minimum atomic E-state index is -0.764. The summed E-state index contributed by atoms with van der Waals surface area (Å²) >= 11 is 12.2. The second-order valence-corrected chi connectivity index (χ2v) is 6.33. The predicted molar refractivity (Wildman–Crippen MR) is 87.6 cm³/mol. The summed E-state index contributed by atoms with van der Waals surface area (Å²) in [6, 6.07) is 5.10. The van der Waals surface area contributed by atoms with Crippen molar-refractivity contribution in [3.05, 3.63) is 33.8 Å². The Hall–Kier alpha value is -1.46. The smallest absolute Gasteiger partial charge is 0.435 e. The molecule has 0 aliphatic carbocycles. The fourth-order valence-electron chi connectivity index (χ4n) is 2.59. The molecule has 1 saturated heterocycles. The van der Waals surface area contributed by atoms with Gasteiger partial charge in [-0.1, -0.05) is 36.2 Å². The highest BCUT2D eigenvalue weighted by atomic mass is 35.5. The molecule has 23 heavy (non-hydrogen) atoms. The summed E-state index contributed by atoms with van der Waals surface area (Å²) < 4.78 is 10.0. The van der Waals surface area contributed by atoms with Crippen molar-refractivity contribution in [2.75, 3.05) is 13.2 Å². The maximum Gasteiger partial charge on any atom is 0.510 e. The SMILES string of the molecule is CCOC(=O)OC1CC(C)CN1C(=O)Cc1c(Cl)cccc1Cl. The zero-order chi connectivity index (χ0) is 17.0. The van der Waals surface area contributed by atoms with Crippen molar-refractivity contribution in [2.45, 2.75) is 32.9 Å². The van der Waals surface area contributed by atoms with Gasteiger partial charge in [-0.3, -0.25) is 4.79 Å². The third-order valence-corrected chi connectivity index (χ3v) is 4.37. The number of carbonyl (C=O) groups is 2. The molecular weight excluding hydrogens is 341 g/mol. The Morgan fingerprint density at radius 2 is 1.96 bits per heavy atom. The number of rotatable bonds is 4. The van der Waals surface area contributed by atoms with Crippen molar-refractivity contribution < 1.29 is 19.1 Å². The molecule has 1 aliphatic rings. The van der Waals surface area contributed by atoms with Crippen LogP contribution in [0.4, 0.5) is 4.79 Å². The lowest BCUT2D eigenvalue weighted by Crippen LogP contribution is -2.39. The normalized spacial score (nSPS) is 20.4. The maximum absolute atomic E-state index is 12.6. The second-order valence-electron chi connectivity index (χ2n) is 5.52. The molecule has 2 rings (SSSR count). The van der Waals surface area contributed by atoms with Gasteiger partial charge in [-0.15, -0.1) is 0 Å². The number of amides is 1. The first-order valence-corrected chi connectivity index (χ1v) is 8.23. The van der Waals surface area contributed by atoms with E-state index in [-0.39, 0.29) is 24.9 Å². The Balaban J connectivity index is 2.08. The largest absolute Gasteiger partial charge is 0.510 e. The highest BCUT2D eigenvalue weighted by Gasteiger charge is 2.36. The van der Waals surface area contributed by atoms with Crippen molar-refractivity contribution in [1.29, 1.82) is 0 Å². The monoisotopic (exact) mass is 359 g/mol. The maximum atomic E-state index is 12.6. The zero-order valence-corrected chi connectivity index (χ0v) is 14.6. The van der Waals surface area contributed by atoms with Crippen LogP contribution in [0.5, 0.6) is 0 Å². The van der Waals surface area contributed by atoms with Gasteiger partial charge in [0, 0.05) is 23.0 Å². The van der Waals surface area contributed by atoms with Crippen LogP contribution in [0.25, 0.3) is 0 Å². The molecule has 1 amide bonds. The van der Waals surface area contributed by atoms with E-state index >= 15 is 0 Å². The fraction of sp³-hybridized carbons (Fsp3) is 0.500. The number of halogens is 2. The zero-order valence-electron chi connectivity index (χ0n) is 13.1. The summed E-state index contributed by atoms with van der Waals surface area (Å²) in [5.41, 5.74) is 0.579. The van der Waals surface area contributed by atoms with Gasteiger partial charge >= 0.3 is 6.16 Å². The summed E-state index contributed by atoms with van der Waals surface area (Å²) in [6.07, 6.45) is -0.729. The Labute approximate surface area is 145 Å². The molecular formula is C16H19Cl2NO4. The number of hydrogen-bond acceptors (Lipinski definition) is 4. The van der Waals surface area contributed by atoms with E-state index in [9.17, 15) is 9.59 Å². The first-order chi connectivity index (χ1) is 10.9. The van der Waals surface area contributed by atoms with Gasteiger partial charge in [0.05, 0.1) is 13.0 Å². The molecule has 5 nitrogen and oxygen atoms in total. The first-order valence-electron chi connectivity index (χ1n) is 7.48. The second kappa shape index (κ2) is 7.88. The van der Waals surface area contributed by atoms with Crippen LogP contribution in [-0.4, -0.2) is 36.3 Å². The molecule has 1 aliphatic heterocycles. The van der Waals surface area contributed by atoms with Gasteiger partial charge in [-0.05, 0) is 30.5 Å². The molecule has 1 heterocycles. The topological polar surface area (TPSA) is 55.8 Å². The lowest BCUT2D eigenvalue weighted by atomic mass is 10.1. The van der Waals surface area contributed by atoms with Crippen molar-refractivity contribution in [1.82, 2.24) is 4.90 Å². The molecule has 0 radical (unpaired) electrons. The molecule has 1 aromatic rings. The van der Waals surface area contributed by atoms with Gasteiger partial charge in [0.2, 0.25) is 5.91 Å². The molecule has 0 aromatic heterocycles. The van der Waals surface area contributed by atoms with Gasteiger partial charge in [0.15, 0.2) is 6.23 Å². The van der Waals surface area contributed by atoms with E-state index in [1.54, 1.807) is 30.0 Å². The van der Waals surface area contributed by atoms with E-state index in [1.165, 1.54) is 0 Å². The molecule has 0 bridgehead atoms. The average Bonchev–Trinajstić information content (AvgIpc) is 2.84. The molecule has 1 fully saturated rings. The fourth-order valence-corrected chi connectivity index (χ4v) is 3.12. The molecule has 7 heteroatoms. The van der Waals surface area contributed by atoms with E-state index in [0.717, 1.165) is 0 Å². The minimum absolute atomic E-state index is 0.0634. The highest BCUT2D eigenvalue weighted by molar-refractivity contribution is 6.36. The molecule has 1 aromatic carbocycles. The van der Waals surface area contributed by atoms with Gasteiger partial charge in [-0.25, -0.2) is 4.79 Å². The number of hydrogen-bond donors (Lipinski definition) is 0. The van der Waals surface area contributed by atoms with Crippen LogP contribution in [-0.2, 0) is 20.7 Å². The lowest BCUT2D eigenvalue weighted by molar-refractivity contribution is -0.138.